The Labute approximate surface area is 96.1 Å². The molecule has 0 spiro atoms. The smallest absolute Gasteiger partial charge is 0.0592 e. The second-order valence-electron chi connectivity index (χ2n) is 3.67. The van der Waals surface area contributed by atoms with Gasteiger partial charge in [-0.25, -0.2) is 0 Å². The van der Waals surface area contributed by atoms with Gasteiger partial charge in [-0.2, -0.15) is 11.8 Å². The zero-order chi connectivity index (χ0) is 11.1. The van der Waals surface area contributed by atoms with E-state index >= 15 is 0 Å². The van der Waals surface area contributed by atoms with Gasteiger partial charge in [-0.15, -0.1) is 0 Å². The van der Waals surface area contributed by atoms with E-state index in [1.54, 1.807) is 0 Å². The average Bonchev–Trinajstić information content (AvgIpc) is 2.25. The Balaban J connectivity index is 2.31. The van der Waals surface area contributed by atoms with Gasteiger partial charge < -0.3 is 10.4 Å². The van der Waals surface area contributed by atoms with Crippen LogP contribution in [-0.2, 0) is 5.75 Å². The summed E-state index contributed by atoms with van der Waals surface area (Å²) in [5.74, 6) is 1.96. The van der Waals surface area contributed by atoms with Crippen LogP contribution in [0.15, 0.2) is 24.3 Å². The first-order valence-corrected chi connectivity index (χ1v) is 6.33. The standard InChI is InChI=1S/C12H19NOS/c1-10-4-3-5-11(6-10)8-15-9-12(7-14)13-2/h3-6,12-14H,7-9H2,1-2H3. The van der Waals surface area contributed by atoms with Gasteiger partial charge in [0.1, 0.15) is 0 Å². The highest BCUT2D eigenvalue weighted by atomic mass is 32.2. The monoisotopic (exact) mass is 225 g/mol. The maximum absolute atomic E-state index is 8.99. The first-order valence-electron chi connectivity index (χ1n) is 5.17. The van der Waals surface area contributed by atoms with Crippen LogP contribution in [0.5, 0.6) is 0 Å². The number of thioether (sulfide) groups is 1. The second kappa shape index (κ2) is 6.88. The Morgan fingerprint density at radius 2 is 2.27 bits per heavy atom. The molecule has 15 heavy (non-hydrogen) atoms. The van der Waals surface area contributed by atoms with Gasteiger partial charge in [-0.1, -0.05) is 29.8 Å². The highest BCUT2D eigenvalue weighted by Gasteiger charge is 2.03. The van der Waals surface area contributed by atoms with Gasteiger partial charge in [0, 0.05) is 17.5 Å². The zero-order valence-electron chi connectivity index (χ0n) is 9.36. The van der Waals surface area contributed by atoms with Crippen molar-refractivity contribution in [1.29, 1.82) is 0 Å². The van der Waals surface area contributed by atoms with Gasteiger partial charge in [0.05, 0.1) is 6.61 Å². The summed E-state index contributed by atoms with van der Waals surface area (Å²) in [7, 11) is 1.88. The van der Waals surface area contributed by atoms with E-state index in [2.05, 4.69) is 36.5 Å². The lowest BCUT2D eigenvalue weighted by Gasteiger charge is -2.12. The summed E-state index contributed by atoms with van der Waals surface area (Å²) >= 11 is 1.85. The summed E-state index contributed by atoms with van der Waals surface area (Å²) in [6, 6.07) is 8.76. The van der Waals surface area contributed by atoms with Crippen molar-refractivity contribution in [2.75, 3.05) is 19.4 Å². The topological polar surface area (TPSA) is 32.3 Å². The van der Waals surface area contributed by atoms with Gasteiger partial charge >= 0.3 is 0 Å². The zero-order valence-corrected chi connectivity index (χ0v) is 10.2. The molecule has 0 bridgehead atoms. The lowest BCUT2D eigenvalue weighted by atomic mass is 10.2. The van der Waals surface area contributed by atoms with Crippen molar-refractivity contribution in [2.24, 2.45) is 0 Å². The molecule has 1 rings (SSSR count). The van der Waals surface area contributed by atoms with Crippen LogP contribution in [0.4, 0.5) is 0 Å². The van der Waals surface area contributed by atoms with Crippen LogP contribution in [-0.4, -0.2) is 30.6 Å². The molecule has 0 aromatic heterocycles. The van der Waals surface area contributed by atoms with Crippen LogP contribution in [0.1, 0.15) is 11.1 Å². The molecular weight excluding hydrogens is 206 g/mol. The number of aliphatic hydroxyl groups is 1. The Kier molecular flexibility index (Phi) is 5.76. The van der Waals surface area contributed by atoms with Crippen LogP contribution in [0.3, 0.4) is 0 Å². The number of benzene rings is 1. The van der Waals surface area contributed by atoms with Gasteiger partial charge in [-0.3, -0.25) is 0 Å². The minimum atomic E-state index is 0.206. The molecule has 0 aliphatic carbocycles. The van der Waals surface area contributed by atoms with Gasteiger partial charge in [0.15, 0.2) is 0 Å². The van der Waals surface area contributed by atoms with Gasteiger partial charge in [-0.05, 0) is 19.5 Å². The summed E-state index contributed by atoms with van der Waals surface area (Å²) in [5, 5.41) is 12.1. The van der Waals surface area contributed by atoms with Crippen LogP contribution in [0.2, 0.25) is 0 Å². The van der Waals surface area contributed by atoms with E-state index in [1.807, 2.05) is 18.8 Å². The quantitative estimate of drug-likeness (QED) is 0.774. The van der Waals surface area contributed by atoms with E-state index in [0.29, 0.717) is 0 Å². The van der Waals surface area contributed by atoms with Crippen molar-refractivity contribution < 1.29 is 5.11 Å². The third kappa shape index (κ3) is 4.69. The van der Waals surface area contributed by atoms with Gasteiger partial charge in [0.2, 0.25) is 0 Å². The minimum absolute atomic E-state index is 0.206. The molecule has 1 unspecified atom stereocenters. The molecule has 1 atom stereocenters. The van der Waals surface area contributed by atoms with Crippen molar-refractivity contribution in [1.82, 2.24) is 5.32 Å². The molecule has 2 nitrogen and oxygen atoms in total. The predicted molar refractivity (Wildman–Crippen MR) is 67.3 cm³/mol. The molecule has 0 fully saturated rings. The molecule has 1 aromatic carbocycles. The first kappa shape index (κ1) is 12.6. The van der Waals surface area contributed by atoms with Crippen molar-refractivity contribution in [3.63, 3.8) is 0 Å². The van der Waals surface area contributed by atoms with Crippen LogP contribution in [0, 0.1) is 6.92 Å². The Hall–Kier alpha value is -0.510. The Bertz CT molecular complexity index is 287. The number of hydrogen-bond acceptors (Lipinski definition) is 3. The first-order chi connectivity index (χ1) is 7.26. The number of likely N-dealkylation sites (N-methyl/N-ethyl adjacent to an activating group) is 1. The normalized spacial score (nSPS) is 12.7. The number of aryl methyl sites for hydroxylation is 1. The largest absolute Gasteiger partial charge is 0.395 e. The fourth-order valence-electron chi connectivity index (χ4n) is 1.35. The van der Waals surface area contributed by atoms with Crippen molar-refractivity contribution >= 4 is 11.8 Å². The van der Waals surface area contributed by atoms with Crippen LogP contribution >= 0.6 is 11.8 Å². The number of rotatable bonds is 6. The summed E-state index contributed by atoms with van der Waals surface area (Å²) in [4.78, 5) is 0. The van der Waals surface area contributed by atoms with E-state index in [0.717, 1.165) is 11.5 Å². The van der Waals surface area contributed by atoms with Crippen LogP contribution in [0.25, 0.3) is 0 Å². The molecule has 0 heterocycles. The number of nitrogens with one attached hydrogen (secondary N) is 1. The van der Waals surface area contributed by atoms with Crippen molar-refractivity contribution in [3.05, 3.63) is 35.4 Å². The fourth-order valence-corrected chi connectivity index (χ4v) is 2.44. The molecule has 2 N–H and O–H groups in total. The summed E-state index contributed by atoms with van der Waals surface area (Å²) < 4.78 is 0. The fraction of sp³-hybridized carbons (Fsp3) is 0.500. The van der Waals surface area contributed by atoms with Crippen molar-refractivity contribution in [3.8, 4) is 0 Å². The Morgan fingerprint density at radius 1 is 1.47 bits per heavy atom. The lowest BCUT2D eigenvalue weighted by Crippen LogP contribution is -2.31. The SMILES string of the molecule is CNC(CO)CSCc1cccc(C)c1. The number of aliphatic hydroxyl groups excluding tert-OH is 1. The third-order valence-corrected chi connectivity index (χ3v) is 3.47. The summed E-state index contributed by atoms with van der Waals surface area (Å²) in [6.07, 6.45) is 0. The molecule has 1 aromatic rings. The second-order valence-corrected chi connectivity index (χ2v) is 4.70. The highest BCUT2D eigenvalue weighted by molar-refractivity contribution is 7.98. The molecule has 0 radical (unpaired) electrons. The summed E-state index contributed by atoms with van der Waals surface area (Å²) in [6.45, 7) is 2.32. The third-order valence-electron chi connectivity index (χ3n) is 2.30. The van der Waals surface area contributed by atoms with E-state index < -0.39 is 0 Å². The van der Waals surface area contributed by atoms with Crippen molar-refractivity contribution in [2.45, 2.75) is 18.7 Å². The molecular formula is C12H19NOS. The minimum Gasteiger partial charge on any atom is -0.395 e. The van der Waals surface area contributed by atoms with Gasteiger partial charge in [0.25, 0.3) is 0 Å². The molecule has 0 saturated heterocycles. The molecule has 84 valence electrons. The molecule has 0 saturated carbocycles. The molecule has 0 aliphatic heterocycles. The van der Waals surface area contributed by atoms with E-state index in [4.69, 9.17) is 5.11 Å². The highest BCUT2D eigenvalue weighted by Crippen LogP contribution is 2.14. The lowest BCUT2D eigenvalue weighted by molar-refractivity contribution is 0.260. The number of hydrogen-bond donors (Lipinski definition) is 2. The van der Waals surface area contributed by atoms with Crippen LogP contribution < -0.4 is 5.32 Å². The summed E-state index contributed by atoms with van der Waals surface area (Å²) in [5.41, 5.74) is 2.66. The molecule has 3 heteroatoms. The van der Waals surface area contributed by atoms with E-state index in [-0.39, 0.29) is 12.6 Å². The van der Waals surface area contributed by atoms with E-state index in [9.17, 15) is 0 Å². The maximum atomic E-state index is 8.99. The molecule has 0 aliphatic rings. The maximum Gasteiger partial charge on any atom is 0.0592 e. The predicted octanol–water partition coefficient (Wildman–Crippen LogP) is 1.81. The average molecular weight is 225 g/mol. The van der Waals surface area contributed by atoms with E-state index in [1.165, 1.54) is 11.1 Å². The molecule has 0 amide bonds. The Morgan fingerprint density at radius 3 is 2.87 bits per heavy atom.